The molecule has 0 spiro atoms. The van der Waals surface area contributed by atoms with Gasteiger partial charge in [0.05, 0.1) is 12.7 Å². The third-order valence-electron chi connectivity index (χ3n) is 3.48. The van der Waals surface area contributed by atoms with Crippen molar-refractivity contribution in [1.82, 2.24) is 15.3 Å². The second-order valence-electron chi connectivity index (χ2n) is 5.85. The van der Waals surface area contributed by atoms with Crippen LogP contribution < -0.4 is 5.32 Å². The minimum Gasteiger partial charge on any atom is -0.374 e. The number of hydrogen-bond acceptors (Lipinski definition) is 4. The minimum absolute atomic E-state index is 0.231. The Morgan fingerprint density at radius 1 is 1.05 bits per heavy atom. The van der Waals surface area contributed by atoms with Gasteiger partial charge in [0.2, 0.25) is 0 Å². The van der Waals surface area contributed by atoms with Crippen LogP contribution in [0.3, 0.4) is 0 Å². The fourth-order valence-corrected chi connectivity index (χ4v) is 2.24. The van der Waals surface area contributed by atoms with Gasteiger partial charge in [0, 0.05) is 37.4 Å². The van der Waals surface area contributed by atoms with Crippen LogP contribution >= 0.6 is 0 Å². The maximum atomic E-state index is 5.71. The van der Waals surface area contributed by atoms with Gasteiger partial charge in [0.25, 0.3) is 0 Å². The molecule has 0 amide bonds. The Morgan fingerprint density at radius 3 is 2.59 bits per heavy atom. The summed E-state index contributed by atoms with van der Waals surface area (Å²) in [6.45, 7) is 7.75. The summed E-state index contributed by atoms with van der Waals surface area (Å²) in [5.41, 5.74) is 3.67. The summed E-state index contributed by atoms with van der Waals surface area (Å²) in [6.07, 6.45) is 8.64. The van der Waals surface area contributed by atoms with Crippen LogP contribution in [0.25, 0.3) is 0 Å². The van der Waals surface area contributed by atoms with E-state index in [1.54, 1.807) is 6.20 Å². The molecule has 0 aliphatic rings. The molecule has 2 aromatic rings. The van der Waals surface area contributed by atoms with E-state index in [1.165, 1.54) is 16.7 Å². The molecule has 0 aliphatic heterocycles. The van der Waals surface area contributed by atoms with Crippen LogP contribution in [0.2, 0.25) is 0 Å². The van der Waals surface area contributed by atoms with Gasteiger partial charge < -0.3 is 10.1 Å². The molecule has 0 saturated heterocycles. The van der Waals surface area contributed by atoms with E-state index < -0.39 is 0 Å². The van der Waals surface area contributed by atoms with Crippen molar-refractivity contribution in [3.8, 4) is 0 Å². The van der Waals surface area contributed by atoms with E-state index in [0.717, 1.165) is 13.0 Å². The third-order valence-corrected chi connectivity index (χ3v) is 3.48. The summed E-state index contributed by atoms with van der Waals surface area (Å²) in [7, 11) is 0. The maximum absolute atomic E-state index is 5.71. The maximum Gasteiger partial charge on any atom is 0.0738 e. The topological polar surface area (TPSA) is 47.0 Å². The van der Waals surface area contributed by atoms with E-state index >= 15 is 0 Å². The Kier molecular flexibility index (Phi) is 6.49. The Hall–Kier alpha value is -1.78. The second-order valence-corrected chi connectivity index (χ2v) is 5.85. The average molecular weight is 299 g/mol. The molecule has 0 fully saturated rings. The average Bonchev–Trinajstić information content (AvgIpc) is 2.53. The van der Waals surface area contributed by atoms with Gasteiger partial charge in [-0.25, -0.2) is 0 Å². The summed E-state index contributed by atoms with van der Waals surface area (Å²) >= 11 is 0. The van der Waals surface area contributed by atoms with E-state index in [0.29, 0.717) is 12.6 Å². The van der Waals surface area contributed by atoms with Crippen LogP contribution in [0, 0.1) is 0 Å². The van der Waals surface area contributed by atoms with Crippen molar-refractivity contribution < 1.29 is 4.74 Å². The molecule has 2 aromatic heterocycles. The van der Waals surface area contributed by atoms with Gasteiger partial charge in [-0.15, -0.1) is 0 Å². The fourth-order valence-electron chi connectivity index (χ4n) is 2.24. The number of hydrogen-bond donors (Lipinski definition) is 1. The summed E-state index contributed by atoms with van der Waals surface area (Å²) < 4.78 is 5.71. The van der Waals surface area contributed by atoms with Gasteiger partial charge in [0.1, 0.15) is 0 Å². The fraction of sp³-hybridized carbons (Fsp3) is 0.444. The van der Waals surface area contributed by atoms with Crippen LogP contribution in [0.15, 0.2) is 43.0 Å². The van der Waals surface area contributed by atoms with Gasteiger partial charge in [-0.1, -0.05) is 6.07 Å². The molecule has 1 N–H and O–H groups in total. The van der Waals surface area contributed by atoms with E-state index in [4.69, 9.17) is 4.74 Å². The lowest BCUT2D eigenvalue weighted by molar-refractivity contribution is 0.0650. The molecule has 4 nitrogen and oxygen atoms in total. The standard InChI is InChI=1S/C18H25N3O/c1-14(2)22-13-18-12-20-8-6-17(18)9-15(3)21-11-16-5-4-7-19-10-16/h4-8,10,12,14-15,21H,9,11,13H2,1-3H3. The number of nitrogens with one attached hydrogen (secondary N) is 1. The van der Waals surface area contributed by atoms with Crippen LogP contribution in [-0.4, -0.2) is 22.1 Å². The molecule has 22 heavy (non-hydrogen) atoms. The van der Waals surface area contributed by atoms with Crippen molar-refractivity contribution in [3.05, 3.63) is 59.7 Å². The Balaban J connectivity index is 1.89. The Bertz CT molecular complexity index is 557. The molecule has 0 saturated carbocycles. The van der Waals surface area contributed by atoms with E-state index in [2.05, 4.69) is 34.3 Å². The summed E-state index contributed by atoms with van der Waals surface area (Å²) in [5, 5.41) is 3.54. The Labute approximate surface area is 133 Å². The van der Waals surface area contributed by atoms with Crippen LogP contribution in [0.5, 0.6) is 0 Å². The molecule has 0 bridgehead atoms. The van der Waals surface area contributed by atoms with E-state index in [-0.39, 0.29) is 6.10 Å². The Morgan fingerprint density at radius 2 is 1.86 bits per heavy atom. The lowest BCUT2D eigenvalue weighted by Crippen LogP contribution is -2.28. The first-order chi connectivity index (χ1) is 10.6. The molecule has 4 heteroatoms. The van der Waals surface area contributed by atoms with E-state index in [9.17, 15) is 0 Å². The van der Waals surface area contributed by atoms with Crippen molar-refractivity contribution in [3.63, 3.8) is 0 Å². The lowest BCUT2D eigenvalue weighted by atomic mass is 10.0. The summed E-state index contributed by atoms with van der Waals surface area (Å²) in [5.74, 6) is 0. The molecular weight excluding hydrogens is 274 g/mol. The smallest absolute Gasteiger partial charge is 0.0738 e. The van der Waals surface area contributed by atoms with Gasteiger partial charge in [-0.2, -0.15) is 0 Å². The van der Waals surface area contributed by atoms with Crippen LogP contribution in [-0.2, 0) is 24.3 Å². The monoisotopic (exact) mass is 299 g/mol. The highest BCUT2D eigenvalue weighted by Crippen LogP contribution is 2.12. The number of nitrogens with zero attached hydrogens (tertiary/aromatic N) is 2. The van der Waals surface area contributed by atoms with Crippen molar-refractivity contribution in [2.45, 2.75) is 52.5 Å². The van der Waals surface area contributed by atoms with Gasteiger partial charge in [-0.05, 0) is 56.0 Å². The molecule has 2 heterocycles. The number of rotatable bonds is 8. The molecule has 0 aliphatic carbocycles. The van der Waals surface area contributed by atoms with Crippen molar-refractivity contribution in [2.24, 2.45) is 0 Å². The van der Waals surface area contributed by atoms with Crippen LogP contribution in [0.4, 0.5) is 0 Å². The van der Waals surface area contributed by atoms with Crippen molar-refractivity contribution in [1.29, 1.82) is 0 Å². The van der Waals surface area contributed by atoms with Crippen LogP contribution in [0.1, 0.15) is 37.5 Å². The number of ether oxygens (including phenoxy) is 1. The zero-order valence-electron chi connectivity index (χ0n) is 13.6. The first kappa shape index (κ1) is 16.6. The highest BCUT2D eigenvalue weighted by atomic mass is 16.5. The highest BCUT2D eigenvalue weighted by molar-refractivity contribution is 5.23. The zero-order valence-corrected chi connectivity index (χ0v) is 13.6. The number of pyridine rings is 2. The minimum atomic E-state index is 0.231. The first-order valence-electron chi connectivity index (χ1n) is 7.81. The van der Waals surface area contributed by atoms with Crippen molar-refractivity contribution >= 4 is 0 Å². The van der Waals surface area contributed by atoms with Gasteiger partial charge in [-0.3, -0.25) is 9.97 Å². The largest absolute Gasteiger partial charge is 0.374 e. The molecular formula is C18H25N3O. The molecule has 118 valence electrons. The molecule has 1 atom stereocenters. The number of aromatic nitrogens is 2. The molecule has 0 radical (unpaired) electrons. The van der Waals surface area contributed by atoms with Gasteiger partial charge in [0.15, 0.2) is 0 Å². The first-order valence-corrected chi connectivity index (χ1v) is 7.81. The normalized spacial score (nSPS) is 12.5. The second kappa shape index (κ2) is 8.61. The quantitative estimate of drug-likeness (QED) is 0.813. The predicted octanol–water partition coefficient (Wildman–Crippen LogP) is 3.12. The molecule has 1 unspecified atom stereocenters. The van der Waals surface area contributed by atoms with Gasteiger partial charge >= 0.3 is 0 Å². The molecule has 2 rings (SSSR count). The molecule has 0 aromatic carbocycles. The zero-order chi connectivity index (χ0) is 15.8. The lowest BCUT2D eigenvalue weighted by Gasteiger charge is -2.17. The summed E-state index contributed by atoms with van der Waals surface area (Å²) in [4.78, 5) is 8.35. The van der Waals surface area contributed by atoms with E-state index in [1.807, 2.05) is 38.5 Å². The highest BCUT2D eigenvalue weighted by Gasteiger charge is 2.08. The third kappa shape index (κ3) is 5.54. The predicted molar refractivity (Wildman–Crippen MR) is 88.4 cm³/mol. The summed E-state index contributed by atoms with van der Waals surface area (Å²) in [6, 6.07) is 6.51. The van der Waals surface area contributed by atoms with Crippen molar-refractivity contribution in [2.75, 3.05) is 0 Å². The SMILES string of the molecule is CC(Cc1ccncc1COC(C)C)NCc1cccnc1.